The van der Waals surface area contributed by atoms with E-state index in [9.17, 15) is 4.11 Å². The van der Waals surface area contributed by atoms with E-state index in [-0.39, 0.29) is 38.8 Å². The van der Waals surface area contributed by atoms with Gasteiger partial charge in [-0.15, -0.1) is 0 Å². The molecular formula is C45H28N4O. The molecule has 7 aromatic carbocycles. The lowest BCUT2D eigenvalue weighted by Crippen LogP contribution is -2.00. The molecule has 0 fully saturated rings. The lowest BCUT2D eigenvalue weighted by molar-refractivity contribution is 0.669. The SMILES string of the molecule is [2H]c1c([2H])c(-c2c([2H])c([2H])c([2H])c3oc4c([2H])c([2H])c([2H])c([2H])c4c23)c([2H])c(-n2c3ccccc3c3ccc(-c4nc(-c5ccccc5)nc(-c5ccccc5)n4)cc32)c1[2H]. The molecule has 10 rings (SSSR count). The average molecular weight is 652 g/mol. The summed E-state index contributed by atoms with van der Waals surface area (Å²) in [5.41, 5.74) is 1.81. The molecule has 0 atom stereocenters. The average Bonchev–Trinajstić information content (AvgIpc) is 3.84. The Bertz CT molecular complexity index is 3440. The van der Waals surface area contributed by atoms with Crippen LogP contribution in [0.15, 0.2) is 174 Å². The second kappa shape index (κ2) is 11.4. The maximum absolute atomic E-state index is 9.83. The maximum Gasteiger partial charge on any atom is 0.164 e. The first-order valence-electron chi connectivity index (χ1n) is 21.3. The van der Waals surface area contributed by atoms with E-state index in [1.165, 1.54) is 0 Å². The summed E-state index contributed by atoms with van der Waals surface area (Å²) >= 11 is 0. The molecule has 10 aromatic rings. The van der Waals surface area contributed by atoms with Gasteiger partial charge in [-0.25, -0.2) is 15.0 Å². The number of hydrogen-bond donors (Lipinski definition) is 0. The Hall–Kier alpha value is -6.85. The Kier molecular flexibility index (Phi) is 4.38. The fourth-order valence-electron chi connectivity index (χ4n) is 6.41. The van der Waals surface area contributed by atoms with Crippen LogP contribution in [0.2, 0.25) is 0 Å². The monoisotopic (exact) mass is 651 g/mol. The van der Waals surface area contributed by atoms with Gasteiger partial charge in [-0.05, 0) is 47.4 Å². The summed E-state index contributed by atoms with van der Waals surface area (Å²) in [5, 5.41) is 1.13. The highest BCUT2D eigenvalue weighted by Crippen LogP contribution is 2.39. The van der Waals surface area contributed by atoms with Crippen molar-refractivity contribution < 1.29 is 19.5 Å². The standard InChI is InChI=1S/C45H28N4O/c1-3-13-29(14-4-1)43-46-44(30-15-5-2-6-16-30)48-45(47-43)32-25-26-36-35-19-7-9-22-38(35)49(39(36)28-32)33-18-11-17-31(27-33)34-21-12-24-41-42(34)37-20-8-10-23-40(37)50-41/h1-28H/i8D,10D,11D,12D,17D,18D,20D,21D,23D,24D,27D. The van der Waals surface area contributed by atoms with Gasteiger partial charge in [0.25, 0.3) is 0 Å². The predicted octanol–water partition coefficient (Wildman–Crippen LogP) is 11.5. The van der Waals surface area contributed by atoms with Crippen molar-refractivity contribution in [1.29, 1.82) is 0 Å². The summed E-state index contributed by atoms with van der Waals surface area (Å²) in [5.74, 6) is 1.24. The third-order valence-corrected chi connectivity index (χ3v) is 8.66. The fraction of sp³-hybridized carbons (Fsp3) is 0. The van der Waals surface area contributed by atoms with Crippen LogP contribution in [0.4, 0.5) is 0 Å². The summed E-state index contributed by atoms with van der Waals surface area (Å²) < 4.78 is 106. The van der Waals surface area contributed by atoms with Gasteiger partial charge in [0, 0.05) is 43.9 Å². The predicted molar refractivity (Wildman–Crippen MR) is 203 cm³/mol. The number of hydrogen-bond acceptors (Lipinski definition) is 4. The van der Waals surface area contributed by atoms with Gasteiger partial charge in [-0.3, -0.25) is 0 Å². The van der Waals surface area contributed by atoms with Crippen LogP contribution in [0, 0.1) is 0 Å². The molecular weight excluding hydrogens is 613 g/mol. The molecule has 0 aliphatic carbocycles. The van der Waals surface area contributed by atoms with Crippen LogP contribution in [-0.4, -0.2) is 19.5 Å². The molecule has 0 unspecified atom stereocenters. The first kappa shape index (κ1) is 19.2. The molecule has 5 nitrogen and oxygen atoms in total. The van der Waals surface area contributed by atoms with Crippen molar-refractivity contribution in [3.05, 3.63) is 170 Å². The Morgan fingerprint density at radius 2 is 1.12 bits per heavy atom. The largest absolute Gasteiger partial charge is 0.456 e. The minimum absolute atomic E-state index is 0.117. The lowest BCUT2D eigenvalue weighted by Gasteiger charge is -2.12. The molecule has 0 bridgehead atoms. The van der Waals surface area contributed by atoms with Crippen molar-refractivity contribution in [2.75, 3.05) is 0 Å². The molecule has 0 aliphatic rings. The van der Waals surface area contributed by atoms with E-state index in [0.717, 1.165) is 21.9 Å². The summed E-state index contributed by atoms with van der Waals surface area (Å²) in [6.07, 6.45) is 0. The van der Waals surface area contributed by atoms with Crippen LogP contribution in [0.5, 0.6) is 0 Å². The molecule has 0 N–H and O–H groups in total. The van der Waals surface area contributed by atoms with E-state index in [4.69, 9.17) is 30.3 Å². The molecule has 5 heteroatoms. The second-order valence-electron chi connectivity index (χ2n) is 11.6. The van der Waals surface area contributed by atoms with E-state index in [1.807, 2.05) is 91.0 Å². The zero-order valence-electron chi connectivity index (χ0n) is 37.0. The Labute approximate surface area is 303 Å². The van der Waals surface area contributed by atoms with Gasteiger partial charge in [0.2, 0.25) is 0 Å². The van der Waals surface area contributed by atoms with Crippen LogP contribution in [0.3, 0.4) is 0 Å². The highest BCUT2D eigenvalue weighted by Gasteiger charge is 2.18. The van der Waals surface area contributed by atoms with Crippen molar-refractivity contribution >= 4 is 43.7 Å². The molecule has 50 heavy (non-hydrogen) atoms. The summed E-state index contributed by atoms with van der Waals surface area (Å²) in [6, 6.07) is 25.8. The van der Waals surface area contributed by atoms with Crippen molar-refractivity contribution in [2.24, 2.45) is 0 Å². The Morgan fingerprint density at radius 3 is 1.90 bits per heavy atom. The summed E-state index contributed by atoms with van der Waals surface area (Å²) in [7, 11) is 0. The Morgan fingerprint density at radius 1 is 0.480 bits per heavy atom. The number of benzene rings is 7. The molecule has 3 aromatic heterocycles. The molecule has 3 heterocycles. The van der Waals surface area contributed by atoms with Gasteiger partial charge in [0.05, 0.1) is 26.1 Å². The molecule has 0 radical (unpaired) electrons. The highest BCUT2D eigenvalue weighted by atomic mass is 16.3. The van der Waals surface area contributed by atoms with Gasteiger partial charge in [0.1, 0.15) is 11.2 Å². The second-order valence-corrected chi connectivity index (χ2v) is 11.6. The highest BCUT2D eigenvalue weighted by molar-refractivity contribution is 6.13. The van der Waals surface area contributed by atoms with Crippen molar-refractivity contribution in [2.45, 2.75) is 0 Å². The van der Waals surface area contributed by atoms with Gasteiger partial charge in [0.15, 0.2) is 17.5 Å². The first-order chi connectivity index (χ1) is 29.4. The smallest absolute Gasteiger partial charge is 0.164 e. The molecule has 0 aliphatic heterocycles. The van der Waals surface area contributed by atoms with Crippen molar-refractivity contribution in [3.63, 3.8) is 0 Å². The molecule has 0 saturated carbocycles. The number of para-hydroxylation sites is 2. The number of aromatic nitrogens is 4. The first-order valence-corrected chi connectivity index (χ1v) is 15.8. The normalized spacial score (nSPS) is 14.7. The Balaban J connectivity index is 1.29. The van der Waals surface area contributed by atoms with Gasteiger partial charge in [-0.1, -0.05) is 133 Å². The quantitative estimate of drug-likeness (QED) is 0.186. The van der Waals surface area contributed by atoms with E-state index in [2.05, 4.69) is 0 Å². The maximum atomic E-state index is 9.83. The number of fused-ring (bicyclic) bond motifs is 6. The molecule has 0 saturated heterocycles. The molecule has 0 spiro atoms. The minimum atomic E-state index is -0.637. The zero-order valence-corrected chi connectivity index (χ0v) is 26.0. The van der Waals surface area contributed by atoms with Crippen molar-refractivity contribution in [3.8, 4) is 51.0 Å². The van der Waals surface area contributed by atoms with Crippen LogP contribution < -0.4 is 0 Å². The van der Waals surface area contributed by atoms with Crippen LogP contribution >= 0.6 is 0 Å². The van der Waals surface area contributed by atoms with Gasteiger partial charge in [-0.2, -0.15) is 0 Å². The fourth-order valence-corrected chi connectivity index (χ4v) is 6.41. The van der Waals surface area contributed by atoms with Crippen LogP contribution in [0.25, 0.3) is 94.7 Å². The van der Waals surface area contributed by atoms with Crippen LogP contribution in [0.1, 0.15) is 15.1 Å². The number of furan rings is 1. The minimum Gasteiger partial charge on any atom is -0.456 e. The summed E-state index contributed by atoms with van der Waals surface area (Å²) in [4.78, 5) is 14.6. The number of rotatable bonds is 5. The van der Waals surface area contributed by atoms with Crippen molar-refractivity contribution in [1.82, 2.24) is 19.5 Å². The lowest BCUT2D eigenvalue weighted by atomic mass is 9.99. The zero-order chi connectivity index (χ0) is 42.6. The topological polar surface area (TPSA) is 56.7 Å². The number of nitrogens with zero attached hydrogens (tertiary/aromatic N) is 4. The van der Waals surface area contributed by atoms with Gasteiger partial charge >= 0.3 is 0 Å². The molecule has 234 valence electrons. The third kappa shape index (κ3) is 4.60. The van der Waals surface area contributed by atoms with E-state index in [0.29, 0.717) is 34.1 Å². The van der Waals surface area contributed by atoms with E-state index >= 15 is 0 Å². The third-order valence-electron chi connectivity index (χ3n) is 8.66. The molecule has 0 amide bonds. The van der Waals surface area contributed by atoms with E-state index < -0.39 is 66.5 Å². The summed E-state index contributed by atoms with van der Waals surface area (Å²) in [6.45, 7) is 0. The van der Waals surface area contributed by atoms with E-state index in [1.54, 1.807) is 16.7 Å². The van der Waals surface area contributed by atoms with Gasteiger partial charge < -0.3 is 8.98 Å². The van der Waals surface area contributed by atoms with Crippen LogP contribution in [-0.2, 0) is 0 Å².